The van der Waals surface area contributed by atoms with Gasteiger partial charge in [-0.1, -0.05) is 0 Å². The van der Waals surface area contributed by atoms with Crippen LogP contribution >= 0.6 is 38.5 Å². The molecule has 0 bridgehead atoms. The first kappa shape index (κ1) is 22.7. The summed E-state index contributed by atoms with van der Waals surface area (Å²) >= 11 is 5.58. The lowest BCUT2D eigenvalue weighted by Crippen LogP contribution is -2.40. The first-order valence-electron chi connectivity index (χ1n) is 10.0. The van der Waals surface area contributed by atoms with Gasteiger partial charge in [-0.15, -0.1) is 0 Å². The van der Waals surface area contributed by atoms with Crippen LogP contribution < -0.4 is 4.90 Å². The zero-order chi connectivity index (χ0) is 20.3. The fraction of sp³-hybridized carbons (Fsp3) is 0.714. The monoisotopic (exact) mass is 569 g/mol. The van der Waals surface area contributed by atoms with Crippen molar-refractivity contribution in [2.75, 3.05) is 32.2 Å². The Bertz CT molecular complexity index is 658. The first-order chi connectivity index (χ1) is 13.4. The quantitative estimate of drug-likeness (QED) is 0.251. The number of hydrogen-bond donors (Lipinski definition) is 0. The van der Waals surface area contributed by atoms with Crippen molar-refractivity contribution in [1.82, 2.24) is 0 Å². The second kappa shape index (κ2) is 10.4. The lowest BCUT2D eigenvalue weighted by molar-refractivity contribution is -0.153. The third kappa shape index (κ3) is 5.20. The summed E-state index contributed by atoms with van der Waals surface area (Å²) in [5.41, 5.74) is 1.80. The van der Waals surface area contributed by atoms with Gasteiger partial charge in [-0.3, -0.25) is 0 Å². The molecule has 4 nitrogen and oxygen atoms in total. The van der Waals surface area contributed by atoms with Crippen LogP contribution in [0.3, 0.4) is 0 Å². The number of halogens is 3. The van der Waals surface area contributed by atoms with E-state index < -0.39 is 0 Å². The first-order valence-corrected chi connectivity index (χ1v) is 11.9. The minimum atomic E-state index is -0.154. The molecule has 2 aliphatic rings. The van der Waals surface area contributed by atoms with E-state index in [1.54, 1.807) is 14.2 Å². The fourth-order valence-corrected chi connectivity index (χ4v) is 5.34. The van der Waals surface area contributed by atoms with Gasteiger partial charge in [0.15, 0.2) is 12.1 Å². The number of nitrogens with zero attached hydrogens (tertiary/aromatic N) is 1. The summed E-state index contributed by atoms with van der Waals surface area (Å²) in [6.07, 6.45) is 6.67. The van der Waals surface area contributed by atoms with Crippen molar-refractivity contribution in [3.05, 3.63) is 25.5 Å². The SMILES string of the molecule is COC(OC)C1CCC(OC2CCN(c3cc(C)c(I)c(Br)c3F)CC2)CC1. The van der Waals surface area contributed by atoms with Crippen LogP contribution in [0.15, 0.2) is 10.5 Å². The molecule has 0 aromatic heterocycles. The molecule has 1 aliphatic heterocycles. The molecule has 28 heavy (non-hydrogen) atoms. The van der Waals surface area contributed by atoms with E-state index >= 15 is 0 Å². The van der Waals surface area contributed by atoms with Crippen molar-refractivity contribution >= 4 is 44.2 Å². The largest absolute Gasteiger partial charge is 0.375 e. The Morgan fingerprint density at radius 1 is 1.07 bits per heavy atom. The van der Waals surface area contributed by atoms with Gasteiger partial charge in [0.25, 0.3) is 0 Å². The third-order valence-corrected chi connectivity index (χ3v) is 8.92. The van der Waals surface area contributed by atoms with Crippen molar-refractivity contribution in [1.29, 1.82) is 0 Å². The molecule has 1 saturated carbocycles. The highest BCUT2D eigenvalue weighted by Gasteiger charge is 2.31. The number of piperidine rings is 1. The van der Waals surface area contributed by atoms with Gasteiger partial charge in [-0.25, -0.2) is 4.39 Å². The highest BCUT2D eigenvalue weighted by Crippen LogP contribution is 2.35. The van der Waals surface area contributed by atoms with Gasteiger partial charge in [-0.05, 0) is 95.6 Å². The Hall–Kier alpha value is 0.0400. The topological polar surface area (TPSA) is 30.9 Å². The van der Waals surface area contributed by atoms with E-state index in [2.05, 4.69) is 43.4 Å². The van der Waals surface area contributed by atoms with Crippen LogP contribution in [0.2, 0.25) is 0 Å². The standard InChI is InChI=1S/C21H30BrFINO3/c1-13-12-17(19(23)18(22)20(13)24)25-10-8-16(9-11-25)28-15-6-4-14(5-7-15)21(26-2)27-3/h12,14-16,21H,4-11H2,1-3H3. The molecule has 0 amide bonds. The number of benzene rings is 1. The molecule has 1 heterocycles. The minimum absolute atomic E-state index is 0.101. The van der Waals surface area contributed by atoms with Crippen LogP contribution in [0.4, 0.5) is 10.1 Å². The molecule has 1 aliphatic carbocycles. The zero-order valence-corrected chi connectivity index (χ0v) is 20.6. The molecule has 1 aromatic carbocycles. The number of aryl methyl sites for hydroxylation is 1. The molecular weight excluding hydrogens is 540 g/mol. The number of ether oxygens (including phenoxy) is 3. The second-order valence-electron chi connectivity index (χ2n) is 7.85. The maximum Gasteiger partial charge on any atom is 0.161 e. The molecule has 158 valence electrons. The minimum Gasteiger partial charge on any atom is -0.375 e. The van der Waals surface area contributed by atoms with Gasteiger partial charge in [0.1, 0.15) is 0 Å². The van der Waals surface area contributed by atoms with E-state index in [1.807, 2.05) is 13.0 Å². The Kier molecular flexibility index (Phi) is 8.42. The smallest absolute Gasteiger partial charge is 0.161 e. The molecule has 1 aromatic rings. The highest BCUT2D eigenvalue weighted by molar-refractivity contribution is 14.1. The predicted molar refractivity (Wildman–Crippen MR) is 121 cm³/mol. The van der Waals surface area contributed by atoms with E-state index in [-0.39, 0.29) is 18.2 Å². The summed E-state index contributed by atoms with van der Waals surface area (Å²) in [5.74, 6) is 0.306. The van der Waals surface area contributed by atoms with E-state index in [0.717, 1.165) is 60.7 Å². The maximum absolute atomic E-state index is 14.7. The van der Waals surface area contributed by atoms with Gasteiger partial charge >= 0.3 is 0 Å². The Morgan fingerprint density at radius 3 is 2.21 bits per heavy atom. The predicted octanol–water partition coefficient (Wildman–Crippen LogP) is 5.66. The van der Waals surface area contributed by atoms with Crippen molar-refractivity contribution < 1.29 is 18.6 Å². The van der Waals surface area contributed by atoms with Gasteiger partial charge in [0.2, 0.25) is 0 Å². The van der Waals surface area contributed by atoms with Crippen LogP contribution in [0.25, 0.3) is 0 Å². The maximum atomic E-state index is 14.7. The summed E-state index contributed by atoms with van der Waals surface area (Å²) in [5, 5.41) is 0. The molecule has 0 unspecified atom stereocenters. The van der Waals surface area contributed by atoms with Crippen LogP contribution in [0.1, 0.15) is 44.1 Å². The molecule has 7 heteroatoms. The van der Waals surface area contributed by atoms with Crippen LogP contribution in [0.5, 0.6) is 0 Å². The van der Waals surface area contributed by atoms with Crippen LogP contribution in [-0.2, 0) is 14.2 Å². The lowest BCUT2D eigenvalue weighted by Gasteiger charge is -2.38. The summed E-state index contributed by atoms with van der Waals surface area (Å²) < 4.78 is 33.4. The molecule has 0 atom stereocenters. The number of hydrogen-bond acceptors (Lipinski definition) is 4. The van der Waals surface area contributed by atoms with Crippen LogP contribution in [-0.4, -0.2) is 45.8 Å². The van der Waals surface area contributed by atoms with Gasteiger partial charge in [0.05, 0.1) is 22.4 Å². The van der Waals surface area contributed by atoms with E-state index in [9.17, 15) is 4.39 Å². The van der Waals surface area contributed by atoms with Crippen LogP contribution in [0, 0.1) is 22.2 Å². The number of anilines is 1. The van der Waals surface area contributed by atoms with Crippen molar-refractivity contribution in [3.63, 3.8) is 0 Å². The van der Waals surface area contributed by atoms with Crippen molar-refractivity contribution in [3.8, 4) is 0 Å². The van der Waals surface area contributed by atoms with Crippen molar-refractivity contribution in [2.45, 2.75) is 63.9 Å². The highest BCUT2D eigenvalue weighted by atomic mass is 127. The molecule has 3 rings (SSSR count). The van der Waals surface area contributed by atoms with E-state index in [1.165, 1.54) is 0 Å². The van der Waals surface area contributed by atoms with Gasteiger partial charge in [0, 0.05) is 36.8 Å². The number of methoxy groups -OCH3 is 2. The van der Waals surface area contributed by atoms with Gasteiger partial charge in [-0.2, -0.15) is 0 Å². The molecule has 1 saturated heterocycles. The van der Waals surface area contributed by atoms with E-state index in [4.69, 9.17) is 14.2 Å². The molecule has 0 radical (unpaired) electrons. The summed E-state index contributed by atoms with van der Waals surface area (Å²) in [4.78, 5) is 2.15. The molecule has 2 fully saturated rings. The van der Waals surface area contributed by atoms with E-state index in [0.29, 0.717) is 22.2 Å². The second-order valence-corrected chi connectivity index (χ2v) is 9.73. The summed E-state index contributed by atoms with van der Waals surface area (Å²) in [7, 11) is 3.42. The summed E-state index contributed by atoms with van der Waals surface area (Å²) in [6.45, 7) is 3.69. The Balaban J connectivity index is 1.49. The normalized spacial score (nSPS) is 24.2. The molecular formula is C21H30BrFINO3. The zero-order valence-electron chi connectivity index (χ0n) is 16.8. The Labute approximate surface area is 189 Å². The lowest BCUT2D eigenvalue weighted by atomic mass is 9.86. The molecule has 0 N–H and O–H groups in total. The van der Waals surface area contributed by atoms with Gasteiger partial charge < -0.3 is 19.1 Å². The average Bonchev–Trinajstić information content (AvgIpc) is 2.72. The molecule has 0 spiro atoms. The fourth-order valence-electron chi connectivity index (χ4n) is 4.43. The average molecular weight is 570 g/mol. The Morgan fingerprint density at radius 2 is 1.64 bits per heavy atom. The third-order valence-electron chi connectivity index (χ3n) is 6.05. The van der Waals surface area contributed by atoms with Crippen molar-refractivity contribution in [2.24, 2.45) is 5.92 Å². The summed E-state index contributed by atoms with van der Waals surface area (Å²) in [6, 6.07) is 1.96. The number of rotatable bonds is 6.